The Labute approximate surface area is 120 Å². The van der Waals surface area contributed by atoms with Crippen LogP contribution in [0.4, 0.5) is 24.5 Å². The number of anilines is 2. The fourth-order valence-corrected chi connectivity index (χ4v) is 2.42. The largest absolute Gasteiger partial charge is 0.433 e. The van der Waals surface area contributed by atoms with Crippen molar-refractivity contribution in [3.05, 3.63) is 53.3 Å². The molecule has 0 saturated carbocycles. The number of nitrogens with one attached hydrogen (secondary N) is 2. The lowest BCUT2D eigenvalue weighted by Gasteiger charge is -2.11. The Morgan fingerprint density at radius 1 is 1.19 bits per heavy atom. The van der Waals surface area contributed by atoms with E-state index in [1.807, 2.05) is 12.1 Å². The second-order valence-electron chi connectivity index (χ2n) is 4.91. The minimum atomic E-state index is -4.40. The number of para-hydroxylation sites is 1. The normalized spacial score (nSPS) is 13.7. The highest BCUT2D eigenvalue weighted by Gasteiger charge is 2.31. The van der Waals surface area contributed by atoms with Crippen molar-refractivity contribution in [1.29, 1.82) is 0 Å². The second-order valence-corrected chi connectivity index (χ2v) is 4.91. The lowest BCUT2D eigenvalue weighted by molar-refractivity contribution is -0.141. The molecule has 3 nitrogen and oxygen atoms in total. The summed E-state index contributed by atoms with van der Waals surface area (Å²) < 4.78 is 37.3. The number of alkyl halides is 3. The minimum absolute atomic E-state index is 0.545. The van der Waals surface area contributed by atoms with Crippen LogP contribution in [-0.2, 0) is 19.1 Å². The molecule has 110 valence electrons. The Bertz CT molecular complexity index is 636. The van der Waals surface area contributed by atoms with Crippen LogP contribution in [0.25, 0.3) is 0 Å². The minimum Gasteiger partial charge on any atom is -0.384 e. The Kier molecular flexibility index (Phi) is 3.45. The van der Waals surface area contributed by atoms with E-state index in [0.29, 0.717) is 12.2 Å². The SMILES string of the molecule is FC(F)(F)c1ccc(NCc2cccc3c2NCC3)cn1. The van der Waals surface area contributed by atoms with Gasteiger partial charge >= 0.3 is 6.18 Å². The van der Waals surface area contributed by atoms with Crippen molar-refractivity contribution in [3.8, 4) is 0 Å². The van der Waals surface area contributed by atoms with Gasteiger partial charge in [-0.3, -0.25) is 0 Å². The number of benzene rings is 1. The predicted octanol–water partition coefficient (Wildman–Crippen LogP) is 3.68. The van der Waals surface area contributed by atoms with E-state index in [0.717, 1.165) is 30.3 Å². The first kappa shape index (κ1) is 13.7. The first-order valence-electron chi connectivity index (χ1n) is 6.66. The zero-order valence-electron chi connectivity index (χ0n) is 11.2. The van der Waals surface area contributed by atoms with Crippen LogP contribution in [0.15, 0.2) is 36.5 Å². The van der Waals surface area contributed by atoms with Gasteiger partial charge in [0, 0.05) is 18.8 Å². The van der Waals surface area contributed by atoms with Crippen LogP contribution in [0.5, 0.6) is 0 Å². The van der Waals surface area contributed by atoms with Crippen LogP contribution in [-0.4, -0.2) is 11.5 Å². The standard InChI is InChI=1S/C15H14F3N3/c16-15(17,18)13-5-4-12(9-21-13)20-8-11-3-1-2-10-6-7-19-14(10)11/h1-5,9,19-20H,6-8H2. The topological polar surface area (TPSA) is 37.0 Å². The summed E-state index contributed by atoms with van der Waals surface area (Å²) in [6.07, 6.45) is -2.19. The molecule has 0 spiro atoms. The van der Waals surface area contributed by atoms with Gasteiger partial charge < -0.3 is 10.6 Å². The summed E-state index contributed by atoms with van der Waals surface area (Å²) in [4.78, 5) is 3.43. The predicted molar refractivity (Wildman–Crippen MR) is 75.2 cm³/mol. The van der Waals surface area contributed by atoms with Gasteiger partial charge in [0.05, 0.1) is 11.9 Å². The number of hydrogen-bond acceptors (Lipinski definition) is 3. The number of rotatable bonds is 3. The molecule has 2 heterocycles. The van der Waals surface area contributed by atoms with Crippen molar-refractivity contribution in [2.45, 2.75) is 19.1 Å². The number of aromatic nitrogens is 1. The van der Waals surface area contributed by atoms with Crippen LogP contribution in [0.2, 0.25) is 0 Å². The van der Waals surface area contributed by atoms with Crippen LogP contribution < -0.4 is 10.6 Å². The Balaban J connectivity index is 1.70. The highest BCUT2D eigenvalue weighted by atomic mass is 19.4. The molecule has 0 bridgehead atoms. The Hall–Kier alpha value is -2.24. The molecule has 0 fully saturated rings. The molecule has 21 heavy (non-hydrogen) atoms. The molecular weight excluding hydrogens is 279 g/mol. The van der Waals surface area contributed by atoms with Gasteiger partial charge in [0.2, 0.25) is 0 Å². The lowest BCUT2D eigenvalue weighted by Crippen LogP contribution is -2.08. The number of hydrogen-bond donors (Lipinski definition) is 2. The summed E-state index contributed by atoms with van der Waals surface area (Å²) in [5, 5.41) is 6.43. The number of nitrogens with zero attached hydrogens (tertiary/aromatic N) is 1. The van der Waals surface area contributed by atoms with Gasteiger partial charge in [0.15, 0.2) is 0 Å². The van der Waals surface area contributed by atoms with Crippen LogP contribution in [0.3, 0.4) is 0 Å². The zero-order chi connectivity index (χ0) is 14.9. The molecule has 0 amide bonds. The summed E-state index contributed by atoms with van der Waals surface area (Å²) in [6, 6.07) is 8.45. The van der Waals surface area contributed by atoms with Crippen LogP contribution in [0, 0.1) is 0 Å². The number of pyridine rings is 1. The van der Waals surface area contributed by atoms with Crippen LogP contribution in [0.1, 0.15) is 16.8 Å². The molecular formula is C15H14F3N3. The molecule has 2 N–H and O–H groups in total. The van der Waals surface area contributed by atoms with E-state index in [9.17, 15) is 13.2 Å². The van der Waals surface area contributed by atoms with Gasteiger partial charge in [-0.25, -0.2) is 4.98 Å². The smallest absolute Gasteiger partial charge is 0.384 e. The summed E-state index contributed by atoms with van der Waals surface area (Å²) in [6.45, 7) is 1.47. The summed E-state index contributed by atoms with van der Waals surface area (Å²) in [5.74, 6) is 0. The third-order valence-electron chi connectivity index (χ3n) is 3.47. The first-order chi connectivity index (χ1) is 10.0. The maximum atomic E-state index is 12.4. The Morgan fingerprint density at radius 3 is 2.76 bits per heavy atom. The average Bonchev–Trinajstić information content (AvgIpc) is 2.93. The lowest BCUT2D eigenvalue weighted by atomic mass is 10.1. The maximum absolute atomic E-state index is 12.4. The monoisotopic (exact) mass is 293 g/mol. The highest BCUT2D eigenvalue weighted by Crippen LogP contribution is 2.29. The molecule has 1 aromatic carbocycles. The number of fused-ring (bicyclic) bond motifs is 1. The third-order valence-corrected chi connectivity index (χ3v) is 3.47. The van der Waals surface area contributed by atoms with Crippen molar-refractivity contribution in [2.75, 3.05) is 17.2 Å². The fourth-order valence-electron chi connectivity index (χ4n) is 2.42. The second kappa shape index (κ2) is 5.27. The molecule has 0 radical (unpaired) electrons. The molecule has 0 atom stereocenters. The molecule has 1 aromatic heterocycles. The van der Waals surface area contributed by atoms with E-state index in [1.165, 1.54) is 17.8 Å². The molecule has 0 aliphatic carbocycles. The van der Waals surface area contributed by atoms with Gasteiger partial charge in [0.25, 0.3) is 0 Å². The van der Waals surface area contributed by atoms with Crippen molar-refractivity contribution in [3.63, 3.8) is 0 Å². The van der Waals surface area contributed by atoms with Crippen LogP contribution >= 0.6 is 0 Å². The van der Waals surface area contributed by atoms with Crippen molar-refractivity contribution >= 4 is 11.4 Å². The summed E-state index contributed by atoms with van der Waals surface area (Å²) >= 11 is 0. The Morgan fingerprint density at radius 2 is 2.05 bits per heavy atom. The third kappa shape index (κ3) is 2.94. The highest BCUT2D eigenvalue weighted by molar-refractivity contribution is 5.62. The van der Waals surface area contributed by atoms with E-state index < -0.39 is 11.9 Å². The van der Waals surface area contributed by atoms with Gasteiger partial charge in [-0.15, -0.1) is 0 Å². The van der Waals surface area contributed by atoms with E-state index >= 15 is 0 Å². The molecule has 3 rings (SSSR count). The molecule has 6 heteroatoms. The summed E-state index contributed by atoms with van der Waals surface area (Å²) in [7, 11) is 0. The molecule has 1 aliphatic rings. The van der Waals surface area contributed by atoms with E-state index in [-0.39, 0.29) is 0 Å². The van der Waals surface area contributed by atoms with Crippen molar-refractivity contribution in [1.82, 2.24) is 4.98 Å². The molecule has 0 saturated heterocycles. The first-order valence-corrected chi connectivity index (χ1v) is 6.66. The van der Waals surface area contributed by atoms with Gasteiger partial charge in [-0.2, -0.15) is 13.2 Å². The van der Waals surface area contributed by atoms with Gasteiger partial charge in [0.1, 0.15) is 5.69 Å². The van der Waals surface area contributed by atoms with Crippen molar-refractivity contribution in [2.24, 2.45) is 0 Å². The zero-order valence-corrected chi connectivity index (χ0v) is 11.2. The van der Waals surface area contributed by atoms with Gasteiger partial charge in [-0.1, -0.05) is 18.2 Å². The van der Waals surface area contributed by atoms with Gasteiger partial charge in [-0.05, 0) is 29.7 Å². The molecule has 2 aromatic rings. The molecule has 0 unspecified atom stereocenters. The van der Waals surface area contributed by atoms with E-state index in [2.05, 4.69) is 21.7 Å². The van der Waals surface area contributed by atoms with E-state index in [1.54, 1.807) is 0 Å². The number of halogens is 3. The average molecular weight is 293 g/mol. The summed E-state index contributed by atoms with van der Waals surface area (Å²) in [5.41, 5.74) is 3.20. The fraction of sp³-hybridized carbons (Fsp3) is 0.267. The molecule has 1 aliphatic heterocycles. The maximum Gasteiger partial charge on any atom is 0.433 e. The van der Waals surface area contributed by atoms with Crippen molar-refractivity contribution < 1.29 is 13.2 Å². The van der Waals surface area contributed by atoms with E-state index in [4.69, 9.17) is 0 Å². The quantitative estimate of drug-likeness (QED) is 0.906.